The van der Waals surface area contributed by atoms with Crippen LogP contribution in [0.5, 0.6) is 0 Å². The van der Waals surface area contributed by atoms with Gasteiger partial charge in [0, 0.05) is 32.2 Å². The summed E-state index contributed by atoms with van der Waals surface area (Å²) in [5.74, 6) is 0.125. The Hall–Kier alpha value is -1.72. The first-order chi connectivity index (χ1) is 14.2. The number of rotatable bonds is 8. The Morgan fingerprint density at radius 2 is 1.62 bits per heavy atom. The van der Waals surface area contributed by atoms with Crippen LogP contribution >= 0.6 is 0 Å². The Labute approximate surface area is 174 Å². The molecule has 1 heterocycles. The second kappa shape index (κ2) is 9.40. The maximum absolute atomic E-state index is 11.7. The van der Waals surface area contributed by atoms with Gasteiger partial charge in [-0.05, 0) is 36.3 Å². The number of benzene rings is 2. The summed E-state index contributed by atoms with van der Waals surface area (Å²) in [6, 6.07) is 20.7. The Bertz CT molecular complexity index is 748. The molecule has 0 aromatic heterocycles. The molecular formula is C25H34N2O2. The van der Waals surface area contributed by atoms with Crippen LogP contribution in [-0.2, 0) is 12.1 Å². The van der Waals surface area contributed by atoms with Gasteiger partial charge in [0.15, 0.2) is 0 Å². The number of hydrogen-bond donors (Lipinski definition) is 3. The minimum absolute atomic E-state index is 0.125. The second-order valence-corrected chi connectivity index (χ2v) is 8.80. The van der Waals surface area contributed by atoms with E-state index < -0.39 is 11.7 Å². The summed E-state index contributed by atoms with van der Waals surface area (Å²) in [6.45, 7) is 3.44. The van der Waals surface area contributed by atoms with Gasteiger partial charge in [0.25, 0.3) is 0 Å². The van der Waals surface area contributed by atoms with E-state index in [2.05, 4.69) is 40.5 Å². The van der Waals surface area contributed by atoms with E-state index in [-0.39, 0.29) is 5.92 Å². The number of nitrogens with zero attached hydrogens (tertiary/aromatic N) is 1. The van der Waals surface area contributed by atoms with Crippen LogP contribution in [0, 0.1) is 5.92 Å². The smallest absolute Gasteiger partial charge is 0.119 e. The topological polar surface area (TPSA) is 55.7 Å². The molecule has 2 fully saturated rings. The van der Waals surface area contributed by atoms with Gasteiger partial charge in [0.1, 0.15) is 5.60 Å². The van der Waals surface area contributed by atoms with Crippen molar-refractivity contribution in [2.45, 2.75) is 56.4 Å². The van der Waals surface area contributed by atoms with Crippen LogP contribution in [0.15, 0.2) is 60.7 Å². The van der Waals surface area contributed by atoms with Crippen molar-refractivity contribution in [3.8, 4) is 0 Å². The van der Waals surface area contributed by atoms with Gasteiger partial charge in [-0.15, -0.1) is 0 Å². The lowest BCUT2D eigenvalue weighted by Gasteiger charge is -2.39. The monoisotopic (exact) mass is 394 g/mol. The average molecular weight is 395 g/mol. The molecule has 0 amide bonds. The lowest BCUT2D eigenvalue weighted by molar-refractivity contribution is -0.118. The highest BCUT2D eigenvalue weighted by Crippen LogP contribution is 2.42. The Balaban J connectivity index is 1.35. The van der Waals surface area contributed by atoms with Crippen molar-refractivity contribution in [2.24, 2.45) is 5.92 Å². The van der Waals surface area contributed by atoms with Crippen LogP contribution in [0.2, 0.25) is 0 Å². The van der Waals surface area contributed by atoms with Crippen LogP contribution in [0.1, 0.15) is 43.2 Å². The molecule has 1 saturated carbocycles. The fourth-order valence-electron chi connectivity index (χ4n) is 5.19. The van der Waals surface area contributed by atoms with Gasteiger partial charge >= 0.3 is 0 Å². The molecule has 3 atom stereocenters. The van der Waals surface area contributed by atoms with Crippen molar-refractivity contribution in [1.82, 2.24) is 10.2 Å². The summed E-state index contributed by atoms with van der Waals surface area (Å²) in [5, 5.41) is 26.3. The van der Waals surface area contributed by atoms with E-state index in [1.54, 1.807) is 0 Å². The molecule has 4 nitrogen and oxygen atoms in total. The van der Waals surface area contributed by atoms with Gasteiger partial charge in [0.05, 0.1) is 6.10 Å². The molecule has 1 aliphatic carbocycles. The predicted octanol–water partition coefficient (Wildman–Crippen LogP) is 3.29. The van der Waals surface area contributed by atoms with E-state index in [4.69, 9.17) is 0 Å². The van der Waals surface area contributed by atoms with Crippen molar-refractivity contribution in [3.05, 3.63) is 71.8 Å². The summed E-state index contributed by atoms with van der Waals surface area (Å²) in [4.78, 5) is 2.46. The molecule has 2 aromatic carbocycles. The third-order valence-electron chi connectivity index (χ3n) is 6.84. The molecule has 1 aliphatic heterocycles. The molecule has 4 heteroatoms. The van der Waals surface area contributed by atoms with Crippen LogP contribution in [0.3, 0.4) is 0 Å². The van der Waals surface area contributed by atoms with Crippen LogP contribution < -0.4 is 5.32 Å². The van der Waals surface area contributed by atoms with Crippen molar-refractivity contribution >= 4 is 0 Å². The largest absolute Gasteiger partial charge is 0.388 e. The highest BCUT2D eigenvalue weighted by molar-refractivity contribution is 5.25. The normalized spacial score (nSPS) is 23.9. The maximum Gasteiger partial charge on any atom is 0.119 e. The lowest BCUT2D eigenvalue weighted by Crippen LogP contribution is -2.51. The third kappa shape index (κ3) is 4.72. The van der Waals surface area contributed by atoms with Gasteiger partial charge in [-0.2, -0.15) is 0 Å². The van der Waals surface area contributed by atoms with E-state index >= 15 is 0 Å². The maximum atomic E-state index is 11.7. The first-order valence-corrected chi connectivity index (χ1v) is 11.1. The highest BCUT2D eigenvalue weighted by Gasteiger charge is 2.45. The zero-order valence-corrected chi connectivity index (χ0v) is 17.2. The molecule has 1 saturated heterocycles. The highest BCUT2D eigenvalue weighted by atomic mass is 16.3. The molecule has 4 rings (SSSR count). The zero-order valence-electron chi connectivity index (χ0n) is 17.2. The van der Waals surface area contributed by atoms with Gasteiger partial charge in [-0.25, -0.2) is 0 Å². The molecule has 0 radical (unpaired) electrons. The zero-order chi connectivity index (χ0) is 20.1. The van der Waals surface area contributed by atoms with Crippen LogP contribution in [0.25, 0.3) is 0 Å². The van der Waals surface area contributed by atoms with Crippen LogP contribution in [-0.4, -0.2) is 46.9 Å². The molecule has 2 aromatic rings. The Morgan fingerprint density at radius 1 is 0.966 bits per heavy atom. The van der Waals surface area contributed by atoms with Crippen molar-refractivity contribution in [2.75, 3.05) is 19.6 Å². The SMILES string of the molecule is OC(CNC1CCN(Cc2ccccc2)C1)C(O)(c1ccccc1)C1CCCC1. The summed E-state index contributed by atoms with van der Waals surface area (Å²) in [5.41, 5.74) is 1.01. The van der Waals surface area contributed by atoms with Gasteiger partial charge in [0.2, 0.25) is 0 Å². The molecular weight excluding hydrogens is 360 g/mol. The standard InChI is InChI=1S/C25H34N2O2/c28-24(25(29,22-13-7-8-14-22)21-11-5-2-6-12-21)17-26-23-15-16-27(19-23)18-20-9-3-1-4-10-20/h1-6,9-12,22-24,26,28-29H,7-8,13-19H2. The first kappa shape index (κ1) is 20.5. The molecule has 2 aliphatic rings. The molecule has 156 valence electrons. The van der Waals surface area contributed by atoms with E-state index in [1.165, 1.54) is 5.56 Å². The number of hydrogen-bond acceptors (Lipinski definition) is 4. The Morgan fingerprint density at radius 3 is 2.31 bits per heavy atom. The molecule has 3 unspecified atom stereocenters. The van der Waals surface area contributed by atoms with Gasteiger partial charge in [-0.1, -0.05) is 73.5 Å². The third-order valence-corrected chi connectivity index (χ3v) is 6.84. The summed E-state index contributed by atoms with van der Waals surface area (Å²) >= 11 is 0. The van der Waals surface area contributed by atoms with Crippen molar-refractivity contribution in [3.63, 3.8) is 0 Å². The molecule has 0 spiro atoms. The minimum atomic E-state index is -1.17. The van der Waals surface area contributed by atoms with E-state index in [0.717, 1.165) is 57.3 Å². The summed E-state index contributed by atoms with van der Waals surface area (Å²) in [7, 11) is 0. The quantitative estimate of drug-likeness (QED) is 0.643. The fourth-order valence-corrected chi connectivity index (χ4v) is 5.19. The summed E-state index contributed by atoms with van der Waals surface area (Å²) in [6.07, 6.45) is 4.50. The Kier molecular flexibility index (Phi) is 6.66. The average Bonchev–Trinajstić information content (AvgIpc) is 3.45. The van der Waals surface area contributed by atoms with E-state index in [9.17, 15) is 10.2 Å². The second-order valence-electron chi connectivity index (χ2n) is 8.80. The van der Waals surface area contributed by atoms with Crippen molar-refractivity contribution in [1.29, 1.82) is 0 Å². The fraction of sp³-hybridized carbons (Fsp3) is 0.520. The van der Waals surface area contributed by atoms with E-state index in [0.29, 0.717) is 12.6 Å². The first-order valence-electron chi connectivity index (χ1n) is 11.1. The van der Waals surface area contributed by atoms with Crippen molar-refractivity contribution < 1.29 is 10.2 Å². The minimum Gasteiger partial charge on any atom is -0.388 e. The molecule has 29 heavy (non-hydrogen) atoms. The number of aliphatic hydroxyl groups excluding tert-OH is 1. The number of likely N-dealkylation sites (tertiary alicyclic amines) is 1. The number of nitrogens with one attached hydrogen (secondary N) is 1. The predicted molar refractivity (Wildman–Crippen MR) is 116 cm³/mol. The van der Waals surface area contributed by atoms with Gasteiger partial charge in [-0.3, -0.25) is 4.90 Å². The van der Waals surface area contributed by atoms with Gasteiger partial charge < -0.3 is 15.5 Å². The lowest BCUT2D eigenvalue weighted by atomic mass is 9.76. The molecule has 0 bridgehead atoms. The summed E-state index contributed by atoms with van der Waals surface area (Å²) < 4.78 is 0. The number of aliphatic hydroxyl groups is 2. The van der Waals surface area contributed by atoms with E-state index in [1.807, 2.05) is 30.3 Å². The molecule has 3 N–H and O–H groups in total. The van der Waals surface area contributed by atoms with Crippen LogP contribution in [0.4, 0.5) is 0 Å².